The van der Waals surface area contributed by atoms with Gasteiger partial charge in [-0.05, 0) is 106 Å². The van der Waals surface area contributed by atoms with E-state index in [1.165, 1.54) is 51.4 Å². The van der Waals surface area contributed by atoms with Gasteiger partial charge in [0.05, 0.1) is 37.5 Å². The summed E-state index contributed by atoms with van der Waals surface area (Å²) < 4.78 is 38.1. The molecular formula is C59H108N2O9Si2. The third kappa shape index (κ3) is 20.3. The fraction of sp³-hybridized carbons (Fsp3) is 0.847. The molecule has 0 aromatic carbocycles. The van der Waals surface area contributed by atoms with Gasteiger partial charge in [-0.1, -0.05) is 165 Å². The third-order valence-corrected chi connectivity index (χ3v) is 27.1. The van der Waals surface area contributed by atoms with Gasteiger partial charge >= 0.3 is 18.0 Å². The average molecular weight is 1050 g/mol. The number of amides is 2. The SMILES string of the molecule is C=CCOC(=O)CCCCCCCCCCCCCCCOC(=O)C1=C(CCC[C@@H](C)O[Si](C)(C)C(C)(C)C)NC(=O)N2[C@H](CC3(CC/C=C\[C@H](CC)O[Si](C(C)C)(C(C)C)C(C)C)OCCCO3)CC[C@H]12. The minimum Gasteiger partial charge on any atom is -0.462 e. The van der Waals surface area contributed by atoms with Crippen molar-refractivity contribution in [3.05, 3.63) is 36.1 Å². The Morgan fingerprint density at radius 1 is 0.819 bits per heavy atom. The smallest absolute Gasteiger partial charge is 0.337 e. The Labute approximate surface area is 442 Å². The van der Waals surface area contributed by atoms with Crippen LogP contribution in [-0.4, -0.2) is 96.0 Å². The number of allylic oxidation sites excluding steroid dienone is 2. The molecule has 3 heterocycles. The van der Waals surface area contributed by atoms with Gasteiger partial charge < -0.3 is 38.0 Å². The average Bonchev–Trinajstić information content (AvgIpc) is 3.72. The highest BCUT2D eigenvalue weighted by atomic mass is 28.4. The van der Waals surface area contributed by atoms with Gasteiger partial charge in [-0.3, -0.25) is 4.79 Å². The molecule has 0 aromatic rings. The standard InChI is InChI=1S/C59H108N2O9Si2/c1-15-41-65-54(62)37-28-26-24-22-20-18-17-19-21-23-25-27-31-42-66-56(63)55-52(36-32-34-49(9)69-71(13,14)58(10,11)12)60-57(64)61-50(38-39-53(55)61)45-59(67-43-33-44-68-59)40-30-29-35-51(16-2)70-72(46(3)4,47(5)6)48(7)8/h15,29,35,46-51,53H,1,16-28,30-34,36-45H2,2-14H3,(H,60,64)/b35-29-/t49-,50+,51+,53-/m1/s1. The number of unbranched alkanes of at least 4 members (excludes halogenated alkanes) is 12. The van der Waals surface area contributed by atoms with Crippen molar-refractivity contribution in [2.75, 3.05) is 26.4 Å². The first-order chi connectivity index (χ1) is 34.1. The lowest BCUT2D eigenvalue weighted by Gasteiger charge is -2.44. The number of hydrogen-bond donors (Lipinski definition) is 1. The van der Waals surface area contributed by atoms with Crippen LogP contribution in [0.3, 0.4) is 0 Å². The lowest BCUT2D eigenvalue weighted by Crippen LogP contribution is -2.55. The van der Waals surface area contributed by atoms with E-state index in [2.05, 4.69) is 113 Å². The van der Waals surface area contributed by atoms with Crippen LogP contribution in [0.4, 0.5) is 4.79 Å². The Morgan fingerprint density at radius 2 is 1.39 bits per heavy atom. The first kappa shape index (κ1) is 64.0. The molecule has 2 fully saturated rings. The minimum atomic E-state index is -2.04. The molecule has 3 rings (SSSR count). The summed E-state index contributed by atoms with van der Waals surface area (Å²) in [5, 5.41) is 3.35. The Morgan fingerprint density at radius 3 is 1.93 bits per heavy atom. The summed E-state index contributed by atoms with van der Waals surface area (Å²) in [6.45, 7) is 35.3. The van der Waals surface area contributed by atoms with Crippen molar-refractivity contribution in [2.45, 2.75) is 295 Å². The first-order valence-electron chi connectivity index (χ1n) is 29.2. The van der Waals surface area contributed by atoms with Gasteiger partial charge in [0.15, 0.2) is 14.1 Å². The van der Waals surface area contributed by atoms with Gasteiger partial charge in [0, 0.05) is 37.1 Å². The topological polar surface area (TPSA) is 122 Å². The number of carbonyl (C=O) groups is 3. The molecule has 0 aromatic heterocycles. The number of carbonyl (C=O) groups excluding carboxylic acids is 3. The second-order valence-corrected chi connectivity index (χ2v) is 34.2. The van der Waals surface area contributed by atoms with E-state index in [9.17, 15) is 14.4 Å². The van der Waals surface area contributed by atoms with Gasteiger partial charge in [-0.2, -0.15) is 0 Å². The molecule has 0 aliphatic carbocycles. The van der Waals surface area contributed by atoms with Crippen LogP contribution in [0.15, 0.2) is 36.1 Å². The first-order valence-corrected chi connectivity index (χ1v) is 34.3. The number of rotatable bonds is 37. The number of nitrogens with one attached hydrogen (secondary N) is 1. The summed E-state index contributed by atoms with van der Waals surface area (Å²) in [6, 6.07) is -0.629. The molecule has 13 heteroatoms. The van der Waals surface area contributed by atoms with E-state index in [4.69, 9.17) is 27.8 Å². The zero-order valence-corrected chi connectivity index (χ0v) is 50.4. The Kier molecular flexibility index (Phi) is 28.7. The largest absolute Gasteiger partial charge is 0.462 e. The van der Waals surface area contributed by atoms with E-state index < -0.39 is 22.4 Å². The Bertz CT molecular complexity index is 1640. The molecular weight excluding hydrogens is 937 g/mol. The highest BCUT2D eigenvalue weighted by Gasteiger charge is 2.50. The van der Waals surface area contributed by atoms with Gasteiger partial charge in [-0.15, -0.1) is 0 Å². The number of hydrogen-bond acceptors (Lipinski definition) is 9. The summed E-state index contributed by atoms with van der Waals surface area (Å²) in [5.74, 6) is -1.23. The molecule has 4 atom stereocenters. The van der Waals surface area contributed by atoms with Crippen molar-refractivity contribution in [3.63, 3.8) is 0 Å². The van der Waals surface area contributed by atoms with Crippen LogP contribution in [0, 0.1) is 0 Å². The molecule has 0 radical (unpaired) electrons. The van der Waals surface area contributed by atoms with E-state index in [0.717, 1.165) is 70.6 Å². The van der Waals surface area contributed by atoms with Crippen LogP contribution >= 0.6 is 0 Å². The van der Waals surface area contributed by atoms with Crippen molar-refractivity contribution < 1.29 is 42.2 Å². The monoisotopic (exact) mass is 1040 g/mol. The molecule has 2 amide bonds. The van der Waals surface area contributed by atoms with Gasteiger partial charge in [0.1, 0.15) is 6.61 Å². The molecule has 1 N–H and O–H groups in total. The summed E-state index contributed by atoms with van der Waals surface area (Å²) in [7, 11) is -3.97. The maximum atomic E-state index is 14.3. The van der Waals surface area contributed by atoms with Crippen LogP contribution in [0.2, 0.25) is 34.8 Å². The maximum absolute atomic E-state index is 14.3. The fourth-order valence-electron chi connectivity index (χ4n) is 11.5. The molecule has 3 aliphatic heterocycles. The zero-order chi connectivity index (χ0) is 53.4. The van der Waals surface area contributed by atoms with E-state index in [1.807, 2.05) is 4.90 Å². The van der Waals surface area contributed by atoms with Gasteiger partial charge in [0.2, 0.25) is 8.32 Å². The van der Waals surface area contributed by atoms with Gasteiger partial charge in [-0.25, -0.2) is 9.59 Å². The van der Waals surface area contributed by atoms with E-state index >= 15 is 0 Å². The van der Waals surface area contributed by atoms with Crippen LogP contribution in [-0.2, 0) is 37.4 Å². The van der Waals surface area contributed by atoms with Crippen LogP contribution in [0.1, 0.15) is 230 Å². The molecule has 0 spiro atoms. The number of nitrogens with zero attached hydrogens (tertiary/aromatic N) is 1. The van der Waals surface area contributed by atoms with Crippen LogP contribution in [0.5, 0.6) is 0 Å². The summed E-state index contributed by atoms with van der Waals surface area (Å²) in [6.07, 6.45) is 29.1. The highest BCUT2D eigenvalue weighted by Crippen LogP contribution is 2.44. The third-order valence-electron chi connectivity index (χ3n) is 16.4. The van der Waals surface area contributed by atoms with Crippen LogP contribution < -0.4 is 5.32 Å². The molecule has 11 nitrogen and oxygen atoms in total. The lowest BCUT2D eigenvalue weighted by molar-refractivity contribution is -0.277. The molecule has 72 heavy (non-hydrogen) atoms. The fourth-order valence-corrected chi connectivity index (χ4v) is 18.6. The minimum absolute atomic E-state index is 0.0700. The second kappa shape index (κ2) is 32.3. The number of fused-ring (bicyclic) bond motifs is 1. The zero-order valence-electron chi connectivity index (χ0n) is 48.4. The van der Waals surface area contributed by atoms with Crippen LogP contribution in [0.25, 0.3) is 0 Å². The lowest BCUT2D eigenvalue weighted by atomic mass is 9.97. The second-order valence-electron chi connectivity index (χ2n) is 24.0. The number of urea groups is 1. The normalized spacial score (nSPS) is 19.6. The molecule has 416 valence electrons. The van der Waals surface area contributed by atoms with E-state index in [0.29, 0.717) is 86.4 Å². The van der Waals surface area contributed by atoms with Crippen molar-refractivity contribution in [2.24, 2.45) is 0 Å². The number of ether oxygens (including phenoxy) is 4. The molecule has 0 saturated carbocycles. The van der Waals surface area contributed by atoms with Crippen molar-refractivity contribution >= 4 is 34.6 Å². The van der Waals surface area contributed by atoms with Gasteiger partial charge in [0.25, 0.3) is 0 Å². The molecule has 2 saturated heterocycles. The Balaban J connectivity index is 1.60. The van der Waals surface area contributed by atoms with Crippen molar-refractivity contribution in [1.29, 1.82) is 0 Å². The molecule has 0 bridgehead atoms. The van der Waals surface area contributed by atoms with E-state index in [1.54, 1.807) is 6.08 Å². The summed E-state index contributed by atoms with van der Waals surface area (Å²) in [4.78, 5) is 42.1. The maximum Gasteiger partial charge on any atom is 0.337 e. The molecule has 0 unspecified atom stereocenters. The Hall–Kier alpha value is -2.30. The highest BCUT2D eigenvalue weighted by molar-refractivity contribution is 6.77. The molecule has 3 aliphatic rings. The quantitative estimate of drug-likeness (QED) is 0.0280. The van der Waals surface area contributed by atoms with E-state index in [-0.39, 0.29) is 47.3 Å². The predicted octanol–water partition coefficient (Wildman–Crippen LogP) is 15.9. The number of esters is 2. The summed E-state index contributed by atoms with van der Waals surface area (Å²) >= 11 is 0. The predicted molar refractivity (Wildman–Crippen MR) is 301 cm³/mol. The van der Waals surface area contributed by atoms with Crippen molar-refractivity contribution in [1.82, 2.24) is 10.2 Å². The summed E-state index contributed by atoms with van der Waals surface area (Å²) in [5.41, 5.74) is 2.90. The van der Waals surface area contributed by atoms with Crippen molar-refractivity contribution in [3.8, 4) is 0 Å².